The molecule has 5 nitrogen and oxygen atoms in total. The number of ether oxygens (including phenoxy) is 1. The van der Waals surface area contributed by atoms with Gasteiger partial charge in [-0.3, -0.25) is 9.48 Å². The lowest BCUT2D eigenvalue weighted by Gasteiger charge is -2.07. The van der Waals surface area contributed by atoms with Gasteiger partial charge in [-0.15, -0.1) is 0 Å². The van der Waals surface area contributed by atoms with E-state index < -0.39 is 0 Å². The molecular weight excluding hydrogens is 314 g/mol. The zero-order chi connectivity index (χ0) is 16.7. The number of carbonyl (C=O) groups excluding carboxylic acids is 1. The van der Waals surface area contributed by atoms with E-state index in [1.54, 1.807) is 17.1 Å². The van der Waals surface area contributed by atoms with Gasteiger partial charge in [0.1, 0.15) is 0 Å². The van der Waals surface area contributed by atoms with Gasteiger partial charge < -0.3 is 10.1 Å². The SMILES string of the molecule is CC(C)OCCCNC(=O)c1cnn(Cc2ccccc2Cl)c1. The number of carbonyl (C=O) groups is 1. The number of hydrogen-bond acceptors (Lipinski definition) is 3. The van der Waals surface area contributed by atoms with E-state index in [-0.39, 0.29) is 12.0 Å². The molecule has 0 aliphatic rings. The predicted molar refractivity (Wildman–Crippen MR) is 90.8 cm³/mol. The molecule has 0 spiro atoms. The fourth-order valence-electron chi connectivity index (χ4n) is 2.06. The van der Waals surface area contributed by atoms with Gasteiger partial charge in [-0.05, 0) is 31.9 Å². The van der Waals surface area contributed by atoms with Crippen molar-refractivity contribution >= 4 is 17.5 Å². The number of aromatic nitrogens is 2. The summed E-state index contributed by atoms with van der Waals surface area (Å²) in [4.78, 5) is 12.0. The maximum Gasteiger partial charge on any atom is 0.254 e. The summed E-state index contributed by atoms with van der Waals surface area (Å²) >= 11 is 6.13. The lowest BCUT2D eigenvalue weighted by atomic mass is 10.2. The Morgan fingerprint density at radius 3 is 2.91 bits per heavy atom. The van der Waals surface area contributed by atoms with Crippen LogP contribution in [0.3, 0.4) is 0 Å². The first kappa shape index (κ1) is 17.5. The molecule has 124 valence electrons. The van der Waals surface area contributed by atoms with Crippen molar-refractivity contribution in [1.82, 2.24) is 15.1 Å². The van der Waals surface area contributed by atoms with Crippen molar-refractivity contribution in [3.05, 3.63) is 52.8 Å². The van der Waals surface area contributed by atoms with Crippen LogP contribution >= 0.6 is 11.6 Å². The summed E-state index contributed by atoms with van der Waals surface area (Å²) in [6, 6.07) is 7.60. The third-order valence-corrected chi connectivity index (χ3v) is 3.61. The molecule has 1 aromatic carbocycles. The van der Waals surface area contributed by atoms with Crippen LogP contribution in [-0.4, -0.2) is 34.9 Å². The minimum Gasteiger partial charge on any atom is -0.379 e. The van der Waals surface area contributed by atoms with Crippen LogP contribution in [0.25, 0.3) is 0 Å². The molecule has 0 fully saturated rings. The van der Waals surface area contributed by atoms with E-state index in [4.69, 9.17) is 16.3 Å². The highest BCUT2D eigenvalue weighted by atomic mass is 35.5. The molecular formula is C17H22ClN3O2. The summed E-state index contributed by atoms with van der Waals surface area (Å²) in [5.74, 6) is -0.125. The molecule has 0 unspecified atom stereocenters. The van der Waals surface area contributed by atoms with Crippen molar-refractivity contribution in [3.8, 4) is 0 Å². The Morgan fingerprint density at radius 1 is 1.39 bits per heavy atom. The Morgan fingerprint density at radius 2 is 2.17 bits per heavy atom. The molecule has 0 saturated carbocycles. The van der Waals surface area contributed by atoms with E-state index in [9.17, 15) is 4.79 Å². The van der Waals surface area contributed by atoms with Crippen LogP contribution in [0.5, 0.6) is 0 Å². The van der Waals surface area contributed by atoms with E-state index in [1.165, 1.54) is 0 Å². The highest BCUT2D eigenvalue weighted by molar-refractivity contribution is 6.31. The Balaban J connectivity index is 1.82. The van der Waals surface area contributed by atoms with E-state index in [0.717, 1.165) is 12.0 Å². The second kappa shape index (κ2) is 8.70. The number of amides is 1. The fraction of sp³-hybridized carbons (Fsp3) is 0.412. The molecule has 0 aliphatic heterocycles. The lowest BCUT2D eigenvalue weighted by Crippen LogP contribution is -2.25. The fourth-order valence-corrected chi connectivity index (χ4v) is 2.26. The molecule has 6 heteroatoms. The van der Waals surface area contributed by atoms with Gasteiger partial charge in [0.25, 0.3) is 5.91 Å². The second-order valence-electron chi connectivity index (χ2n) is 5.55. The Bertz CT molecular complexity index is 640. The standard InChI is InChI=1S/C17H22ClN3O2/c1-13(2)23-9-5-8-19-17(22)15-10-20-21(12-15)11-14-6-3-4-7-16(14)18/h3-4,6-7,10,12-13H,5,8-9,11H2,1-2H3,(H,19,22). The maximum atomic E-state index is 12.0. The highest BCUT2D eigenvalue weighted by Gasteiger charge is 2.09. The summed E-state index contributed by atoms with van der Waals surface area (Å²) in [6.07, 6.45) is 4.30. The summed E-state index contributed by atoms with van der Waals surface area (Å²) in [5.41, 5.74) is 1.51. The lowest BCUT2D eigenvalue weighted by molar-refractivity contribution is 0.0757. The molecule has 0 radical (unpaired) electrons. The Hall–Kier alpha value is -1.85. The normalized spacial score (nSPS) is 11.0. The largest absolute Gasteiger partial charge is 0.379 e. The number of nitrogens with one attached hydrogen (secondary N) is 1. The molecule has 0 atom stereocenters. The number of halogens is 1. The quantitative estimate of drug-likeness (QED) is 0.754. The van der Waals surface area contributed by atoms with Crippen LogP contribution in [0.4, 0.5) is 0 Å². The number of rotatable bonds is 8. The molecule has 1 amide bonds. The maximum absolute atomic E-state index is 12.0. The number of nitrogens with zero attached hydrogens (tertiary/aromatic N) is 2. The molecule has 0 saturated heterocycles. The third kappa shape index (κ3) is 5.69. The van der Waals surface area contributed by atoms with Gasteiger partial charge >= 0.3 is 0 Å². The van der Waals surface area contributed by atoms with Gasteiger partial charge in [-0.2, -0.15) is 5.10 Å². The zero-order valence-corrected chi connectivity index (χ0v) is 14.2. The summed E-state index contributed by atoms with van der Waals surface area (Å²) in [7, 11) is 0. The average Bonchev–Trinajstić information content (AvgIpc) is 2.97. The van der Waals surface area contributed by atoms with E-state index in [2.05, 4.69) is 10.4 Å². The van der Waals surface area contributed by atoms with Crippen LogP contribution in [0, 0.1) is 0 Å². The topological polar surface area (TPSA) is 56.1 Å². The first-order valence-electron chi connectivity index (χ1n) is 7.72. The van der Waals surface area contributed by atoms with Crippen molar-refractivity contribution in [2.24, 2.45) is 0 Å². The molecule has 2 aromatic rings. The average molecular weight is 336 g/mol. The van der Waals surface area contributed by atoms with Crippen LogP contribution < -0.4 is 5.32 Å². The highest BCUT2D eigenvalue weighted by Crippen LogP contribution is 2.16. The van der Waals surface area contributed by atoms with E-state index >= 15 is 0 Å². The molecule has 1 N–H and O–H groups in total. The van der Waals surface area contributed by atoms with Crippen LogP contribution in [0.15, 0.2) is 36.7 Å². The van der Waals surface area contributed by atoms with E-state index in [1.807, 2.05) is 38.1 Å². The predicted octanol–water partition coefficient (Wildman–Crippen LogP) is 3.13. The van der Waals surface area contributed by atoms with E-state index in [0.29, 0.717) is 30.3 Å². The molecule has 23 heavy (non-hydrogen) atoms. The number of benzene rings is 1. The van der Waals surface area contributed by atoms with Gasteiger partial charge in [0, 0.05) is 24.4 Å². The molecule has 2 rings (SSSR count). The van der Waals surface area contributed by atoms with Gasteiger partial charge in [0.05, 0.1) is 24.4 Å². The Kier molecular flexibility index (Phi) is 6.62. The van der Waals surface area contributed by atoms with Gasteiger partial charge in [-0.1, -0.05) is 29.8 Å². The van der Waals surface area contributed by atoms with Crippen LogP contribution in [0.1, 0.15) is 36.2 Å². The number of hydrogen-bond donors (Lipinski definition) is 1. The van der Waals surface area contributed by atoms with Crippen molar-refractivity contribution in [2.45, 2.75) is 32.9 Å². The zero-order valence-electron chi connectivity index (χ0n) is 13.5. The smallest absolute Gasteiger partial charge is 0.254 e. The molecule has 0 bridgehead atoms. The monoisotopic (exact) mass is 335 g/mol. The van der Waals surface area contributed by atoms with Gasteiger partial charge in [0.15, 0.2) is 0 Å². The minimum absolute atomic E-state index is 0.125. The van der Waals surface area contributed by atoms with Crippen LogP contribution in [-0.2, 0) is 11.3 Å². The summed E-state index contributed by atoms with van der Waals surface area (Å²) < 4.78 is 7.14. The van der Waals surface area contributed by atoms with Crippen molar-refractivity contribution in [3.63, 3.8) is 0 Å². The first-order valence-corrected chi connectivity index (χ1v) is 8.09. The first-order chi connectivity index (χ1) is 11.1. The summed E-state index contributed by atoms with van der Waals surface area (Å²) in [6.45, 7) is 5.75. The molecule has 0 aliphatic carbocycles. The third-order valence-electron chi connectivity index (χ3n) is 3.24. The van der Waals surface area contributed by atoms with Gasteiger partial charge in [-0.25, -0.2) is 0 Å². The Labute approximate surface area is 141 Å². The van der Waals surface area contributed by atoms with Crippen molar-refractivity contribution < 1.29 is 9.53 Å². The van der Waals surface area contributed by atoms with Gasteiger partial charge in [0.2, 0.25) is 0 Å². The second-order valence-corrected chi connectivity index (χ2v) is 5.95. The molecule has 1 heterocycles. The molecule has 1 aromatic heterocycles. The van der Waals surface area contributed by atoms with Crippen LogP contribution in [0.2, 0.25) is 5.02 Å². The van der Waals surface area contributed by atoms with Crippen molar-refractivity contribution in [2.75, 3.05) is 13.2 Å². The van der Waals surface area contributed by atoms with Crippen molar-refractivity contribution in [1.29, 1.82) is 0 Å². The summed E-state index contributed by atoms with van der Waals surface area (Å²) in [5, 5.41) is 7.77. The minimum atomic E-state index is -0.125.